The fourth-order valence-corrected chi connectivity index (χ4v) is 1.99. The van der Waals surface area contributed by atoms with Gasteiger partial charge >= 0.3 is 0 Å². The zero-order chi connectivity index (χ0) is 10.9. The van der Waals surface area contributed by atoms with E-state index in [-0.39, 0.29) is 0 Å². The van der Waals surface area contributed by atoms with Crippen LogP contribution in [0.3, 0.4) is 0 Å². The molecule has 0 aromatic rings. The molecule has 1 saturated heterocycles. The lowest BCUT2D eigenvalue weighted by Crippen LogP contribution is -2.38. The van der Waals surface area contributed by atoms with Gasteiger partial charge in [-0.3, -0.25) is 0 Å². The lowest BCUT2D eigenvalue weighted by Gasteiger charge is -2.21. The molecule has 2 atom stereocenters. The van der Waals surface area contributed by atoms with E-state index in [1.807, 2.05) is 7.05 Å². The Hall–Kier alpha value is -0.120. The molecule has 15 heavy (non-hydrogen) atoms. The molecule has 0 radical (unpaired) electrons. The highest BCUT2D eigenvalue weighted by atomic mass is 16.5. The van der Waals surface area contributed by atoms with Gasteiger partial charge in [0.1, 0.15) is 0 Å². The molecule has 0 amide bonds. The van der Waals surface area contributed by atoms with Crippen molar-refractivity contribution in [3.8, 4) is 0 Å². The SMILES string of the molecule is CCCCCOCC(NC)C1CCOC1. The highest BCUT2D eigenvalue weighted by molar-refractivity contribution is 4.77. The zero-order valence-electron chi connectivity index (χ0n) is 10.1. The van der Waals surface area contributed by atoms with E-state index in [0.29, 0.717) is 12.0 Å². The lowest BCUT2D eigenvalue weighted by atomic mass is 10.00. The van der Waals surface area contributed by atoms with Gasteiger partial charge in [0.05, 0.1) is 13.2 Å². The normalized spacial score (nSPS) is 23.2. The smallest absolute Gasteiger partial charge is 0.0623 e. The van der Waals surface area contributed by atoms with Crippen molar-refractivity contribution in [1.29, 1.82) is 0 Å². The van der Waals surface area contributed by atoms with Crippen LogP contribution in [0.2, 0.25) is 0 Å². The summed E-state index contributed by atoms with van der Waals surface area (Å²) < 4.78 is 11.1. The van der Waals surface area contributed by atoms with Crippen LogP contribution in [-0.2, 0) is 9.47 Å². The van der Waals surface area contributed by atoms with Crippen molar-refractivity contribution in [3.05, 3.63) is 0 Å². The van der Waals surface area contributed by atoms with Crippen LogP contribution in [0.4, 0.5) is 0 Å². The second-order valence-electron chi connectivity index (χ2n) is 4.30. The quantitative estimate of drug-likeness (QED) is 0.626. The Kier molecular flexibility index (Phi) is 6.98. The monoisotopic (exact) mass is 215 g/mol. The minimum Gasteiger partial charge on any atom is -0.381 e. The first-order valence-electron chi connectivity index (χ1n) is 6.21. The molecule has 1 aliphatic rings. The molecular formula is C12H25NO2. The fraction of sp³-hybridized carbons (Fsp3) is 1.00. The third-order valence-corrected chi connectivity index (χ3v) is 3.09. The van der Waals surface area contributed by atoms with E-state index >= 15 is 0 Å². The van der Waals surface area contributed by atoms with Gasteiger partial charge in [0.25, 0.3) is 0 Å². The van der Waals surface area contributed by atoms with Crippen LogP contribution in [0, 0.1) is 5.92 Å². The number of ether oxygens (including phenoxy) is 2. The van der Waals surface area contributed by atoms with Crippen LogP contribution >= 0.6 is 0 Å². The third kappa shape index (κ3) is 4.96. The van der Waals surface area contributed by atoms with E-state index in [1.54, 1.807) is 0 Å². The maximum atomic E-state index is 5.68. The number of hydrogen-bond donors (Lipinski definition) is 1. The largest absolute Gasteiger partial charge is 0.381 e. The topological polar surface area (TPSA) is 30.5 Å². The number of unbranched alkanes of at least 4 members (excludes halogenated alkanes) is 2. The molecule has 90 valence electrons. The van der Waals surface area contributed by atoms with Crippen LogP contribution in [-0.4, -0.2) is 39.5 Å². The van der Waals surface area contributed by atoms with Crippen LogP contribution in [0.15, 0.2) is 0 Å². The summed E-state index contributed by atoms with van der Waals surface area (Å²) >= 11 is 0. The molecule has 0 spiro atoms. The number of nitrogens with one attached hydrogen (secondary N) is 1. The minimum absolute atomic E-state index is 0.467. The summed E-state index contributed by atoms with van der Waals surface area (Å²) in [5.74, 6) is 0.640. The first-order valence-corrected chi connectivity index (χ1v) is 6.21. The van der Waals surface area contributed by atoms with Crippen LogP contribution in [0.25, 0.3) is 0 Å². The summed E-state index contributed by atoms with van der Waals surface area (Å²) in [6.45, 7) is 5.75. The Bertz CT molecular complexity index is 147. The highest BCUT2D eigenvalue weighted by Gasteiger charge is 2.24. The maximum absolute atomic E-state index is 5.68. The second kappa shape index (κ2) is 8.08. The third-order valence-electron chi connectivity index (χ3n) is 3.09. The fourth-order valence-electron chi connectivity index (χ4n) is 1.99. The summed E-state index contributed by atoms with van der Waals surface area (Å²) in [7, 11) is 2.01. The highest BCUT2D eigenvalue weighted by Crippen LogP contribution is 2.16. The van der Waals surface area contributed by atoms with Crippen LogP contribution in [0.1, 0.15) is 32.6 Å². The number of rotatable bonds is 8. The molecule has 1 aliphatic heterocycles. The van der Waals surface area contributed by atoms with E-state index in [4.69, 9.17) is 9.47 Å². The average Bonchev–Trinajstić information content (AvgIpc) is 2.77. The molecule has 0 saturated carbocycles. The van der Waals surface area contributed by atoms with Gasteiger partial charge in [-0.25, -0.2) is 0 Å². The lowest BCUT2D eigenvalue weighted by molar-refractivity contribution is 0.0873. The van der Waals surface area contributed by atoms with E-state index in [0.717, 1.165) is 26.4 Å². The molecule has 1 heterocycles. The van der Waals surface area contributed by atoms with Crippen molar-refractivity contribution in [3.63, 3.8) is 0 Å². The Labute approximate surface area is 93.5 Å². The van der Waals surface area contributed by atoms with Gasteiger partial charge in [0, 0.05) is 25.2 Å². The maximum Gasteiger partial charge on any atom is 0.0623 e. The average molecular weight is 215 g/mol. The summed E-state index contributed by atoms with van der Waals surface area (Å²) in [5, 5.41) is 3.33. The van der Waals surface area contributed by atoms with Gasteiger partial charge in [-0.05, 0) is 19.9 Å². The van der Waals surface area contributed by atoms with E-state index in [1.165, 1.54) is 25.7 Å². The summed E-state index contributed by atoms with van der Waals surface area (Å²) in [4.78, 5) is 0. The van der Waals surface area contributed by atoms with Crippen molar-refractivity contribution in [2.45, 2.75) is 38.6 Å². The molecule has 2 unspecified atom stereocenters. The van der Waals surface area contributed by atoms with E-state index < -0.39 is 0 Å². The molecule has 1 N–H and O–H groups in total. The van der Waals surface area contributed by atoms with E-state index in [2.05, 4.69) is 12.2 Å². The Balaban J connectivity index is 2.05. The summed E-state index contributed by atoms with van der Waals surface area (Å²) in [6, 6.07) is 0.467. The molecule has 3 heteroatoms. The van der Waals surface area contributed by atoms with Crippen molar-refractivity contribution in [1.82, 2.24) is 5.32 Å². The first-order chi connectivity index (χ1) is 7.38. The van der Waals surface area contributed by atoms with Crippen molar-refractivity contribution in [2.75, 3.05) is 33.5 Å². The van der Waals surface area contributed by atoms with Gasteiger partial charge in [0.2, 0.25) is 0 Å². The predicted octanol–water partition coefficient (Wildman–Crippen LogP) is 1.82. The Morgan fingerprint density at radius 3 is 2.93 bits per heavy atom. The molecule has 1 fully saturated rings. The van der Waals surface area contributed by atoms with Crippen molar-refractivity contribution >= 4 is 0 Å². The van der Waals surface area contributed by atoms with Crippen molar-refractivity contribution in [2.24, 2.45) is 5.92 Å². The van der Waals surface area contributed by atoms with Gasteiger partial charge in [-0.2, -0.15) is 0 Å². The molecule has 1 rings (SSSR count). The molecule has 0 bridgehead atoms. The molecule has 0 aliphatic carbocycles. The minimum atomic E-state index is 0.467. The Morgan fingerprint density at radius 1 is 1.47 bits per heavy atom. The zero-order valence-corrected chi connectivity index (χ0v) is 10.1. The van der Waals surface area contributed by atoms with Crippen LogP contribution < -0.4 is 5.32 Å². The predicted molar refractivity (Wildman–Crippen MR) is 62.1 cm³/mol. The number of likely N-dealkylation sites (N-methyl/N-ethyl adjacent to an activating group) is 1. The standard InChI is InChI=1S/C12H25NO2/c1-3-4-5-7-14-10-12(13-2)11-6-8-15-9-11/h11-13H,3-10H2,1-2H3. The molecule has 3 nitrogen and oxygen atoms in total. The van der Waals surface area contributed by atoms with Crippen molar-refractivity contribution < 1.29 is 9.47 Å². The second-order valence-corrected chi connectivity index (χ2v) is 4.30. The summed E-state index contributed by atoms with van der Waals surface area (Å²) in [5.41, 5.74) is 0. The first kappa shape index (κ1) is 12.9. The molecule has 0 aromatic heterocycles. The van der Waals surface area contributed by atoms with Gasteiger partial charge < -0.3 is 14.8 Å². The van der Waals surface area contributed by atoms with Crippen LogP contribution in [0.5, 0.6) is 0 Å². The molecule has 0 aromatic carbocycles. The summed E-state index contributed by atoms with van der Waals surface area (Å²) in [6.07, 6.45) is 4.89. The Morgan fingerprint density at radius 2 is 2.33 bits per heavy atom. The van der Waals surface area contributed by atoms with Gasteiger partial charge in [0.15, 0.2) is 0 Å². The van der Waals surface area contributed by atoms with Gasteiger partial charge in [-0.15, -0.1) is 0 Å². The van der Waals surface area contributed by atoms with E-state index in [9.17, 15) is 0 Å². The molecular weight excluding hydrogens is 190 g/mol. The van der Waals surface area contributed by atoms with Gasteiger partial charge in [-0.1, -0.05) is 19.8 Å². The number of hydrogen-bond acceptors (Lipinski definition) is 3.